The van der Waals surface area contributed by atoms with E-state index >= 15 is 0 Å². The molecule has 0 radical (unpaired) electrons. The molecule has 1 unspecified atom stereocenters. The molecule has 0 spiro atoms. The third-order valence-corrected chi connectivity index (χ3v) is 3.45. The quantitative estimate of drug-likeness (QED) is 0.679. The maximum atomic E-state index is 11.9. The lowest BCUT2D eigenvalue weighted by Crippen LogP contribution is -2.39. The Morgan fingerprint density at radius 3 is 2.78 bits per heavy atom. The van der Waals surface area contributed by atoms with Crippen LogP contribution in [0.4, 0.5) is 0 Å². The zero-order chi connectivity index (χ0) is 13.5. The van der Waals surface area contributed by atoms with Crippen LogP contribution in [0.5, 0.6) is 0 Å². The highest BCUT2D eigenvalue weighted by atomic mass is 16.2. The van der Waals surface area contributed by atoms with Crippen LogP contribution in [0.15, 0.2) is 0 Å². The summed E-state index contributed by atoms with van der Waals surface area (Å²) in [6.07, 6.45) is 1.62. The summed E-state index contributed by atoms with van der Waals surface area (Å²) in [5.41, 5.74) is 0. The third kappa shape index (κ3) is 5.03. The van der Waals surface area contributed by atoms with Crippen LogP contribution in [0.3, 0.4) is 0 Å². The fourth-order valence-electron chi connectivity index (χ4n) is 2.37. The maximum Gasteiger partial charge on any atom is 0.236 e. The van der Waals surface area contributed by atoms with E-state index in [0.29, 0.717) is 25.4 Å². The van der Waals surface area contributed by atoms with Crippen LogP contribution in [0, 0.1) is 17.2 Å². The van der Waals surface area contributed by atoms with E-state index in [1.807, 2.05) is 7.05 Å². The molecule has 1 rings (SSSR count). The Balaban J connectivity index is 2.24. The first-order valence-corrected chi connectivity index (χ1v) is 6.51. The molecule has 0 aliphatic carbocycles. The van der Waals surface area contributed by atoms with Crippen molar-refractivity contribution in [1.82, 2.24) is 14.7 Å². The SMILES string of the molecule is CN1CCC(CN(C)CC(=O)N(C)CCC#N)C1. The van der Waals surface area contributed by atoms with Crippen molar-refractivity contribution < 1.29 is 4.79 Å². The van der Waals surface area contributed by atoms with Gasteiger partial charge in [0.05, 0.1) is 19.0 Å². The second-order valence-corrected chi connectivity index (χ2v) is 5.34. The molecule has 0 aromatic heterocycles. The maximum absolute atomic E-state index is 11.9. The molecule has 0 N–H and O–H groups in total. The average Bonchev–Trinajstić information content (AvgIpc) is 2.71. The normalized spacial score (nSPS) is 20.1. The molecule has 1 heterocycles. The van der Waals surface area contributed by atoms with Crippen LogP contribution < -0.4 is 0 Å². The fraction of sp³-hybridized carbons (Fsp3) is 0.846. The summed E-state index contributed by atoms with van der Waals surface area (Å²) in [5.74, 6) is 0.774. The van der Waals surface area contributed by atoms with Crippen LogP contribution in [0.2, 0.25) is 0 Å². The first-order chi connectivity index (χ1) is 8.52. The minimum absolute atomic E-state index is 0.0964. The number of amides is 1. The summed E-state index contributed by atoms with van der Waals surface area (Å²) >= 11 is 0. The third-order valence-electron chi connectivity index (χ3n) is 3.45. The number of nitriles is 1. The first kappa shape index (κ1) is 14.9. The molecule has 1 fully saturated rings. The molecule has 1 aliphatic heterocycles. The Hall–Kier alpha value is -1.12. The van der Waals surface area contributed by atoms with Crippen molar-refractivity contribution in [2.75, 3.05) is 53.9 Å². The molecule has 0 saturated carbocycles. The highest BCUT2D eigenvalue weighted by Gasteiger charge is 2.21. The number of nitrogens with zero attached hydrogens (tertiary/aromatic N) is 4. The number of hydrogen-bond acceptors (Lipinski definition) is 4. The molecule has 5 heteroatoms. The van der Waals surface area contributed by atoms with E-state index in [1.54, 1.807) is 11.9 Å². The summed E-state index contributed by atoms with van der Waals surface area (Å²) in [5, 5.41) is 8.49. The molecule has 18 heavy (non-hydrogen) atoms. The van der Waals surface area contributed by atoms with Gasteiger partial charge in [-0.3, -0.25) is 9.69 Å². The van der Waals surface area contributed by atoms with Crippen molar-refractivity contribution in [3.05, 3.63) is 0 Å². The Bertz CT molecular complexity index is 313. The highest BCUT2D eigenvalue weighted by molar-refractivity contribution is 5.77. The molecule has 0 aromatic rings. The number of carbonyl (C=O) groups excluding carboxylic acids is 1. The molecule has 1 aliphatic rings. The lowest BCUT2D eigenvalue weighted by atomic mass is 10.1. The van der Waals surface area contributed by atoms with Crippen molar-refractivity contribution in [2.45, 2.75) is 12.8 Å². The van der Waals surface area contributed by atoms with Gasteiger partial charge in [-0.2, -0.15) is 5.26 Å². The lowest BCUT2D eigenvalue weighted by molar-refractivity contribution is -0.130. The zero-order valence-corrected chi connectivity index (χ0v) is 11.7. The largest absolute Gasteiger partial charge is 0.344 e. The van der Waals surface area contributed by atoms with E-state index in [4.69, 9.17) is 5.26 Å². The second-order valence-electron chi connectivity index (χ2n) is 5.34. The number of rotatable bonds is 6. The Labute approximate surface area is 110 Å². The molecule has 1 atom stereocenters. The Morgan fingerprint density at radius 2 is 2.22 bits per heavy atom. The van der Waals surface area contributed by atoms with Gasteiger partial charge < -0.3 is 9.80 Å². The summed E-state index contributed by atoms with van der Waals surface area (Å²) in [7, 11) is 5.89. The number of hydrogen-bond donors (Lipinski definition) is 0. The molecule has 0 bridgehead atoms. The Morgan fingerprint density at radius 1 is 1.50 bits per heavy atom. The minimum Gasteiger partial charge on any atom is -0.344 e. The average molecular weight is 252 g/mol. The number of likely N-dealkylation sites (tertiary alicyclic amines) is 1. The number of carbonyl (C=O) groups is 1. The molecule has 1 saturated heterocycles. The van der Waals surface area contributed by atoms with Crippen molar-refractivity contribution in [3.8, 4) is 6.07 Å². The van der Waals surface area contributed by atoms with Gasteiger partial charge in [-0.05, 0) is 33.0 Å². The van der Waals surface area contributed by atoms with E-state index in [9.17, 15) is 4.79 Å². The number of likely N-dealkylation sites (N-methyl/N-ethyl adjacent to an activating group) is 2. The summed E-state index contributed by atoms with van der Waals surface area (Å²) < 4.78 is 0. The monoisotopic (exact) mass is 252 g/mol. The molecular weight excluding hydrogens is 228 g/mol. The Kier molecular flexibility index (Phi) is 6.10. The van der Waals surface area contributed by atoms with Crippen molar-refractivity contribution in [2.24, 2.45) is 5.92 Å². The van der Waals surface area contributed by atoms with E-state index in [0.717, 1.165) is 19.6 Å². The van der Waals surface area contributed by atoms with Gasteiger partial charge in [-0.1, -0.05) is 0 Å². The lowest BCUT2D eigenvalue weighted by Gasteiger charge is -2.23. The molecule has 0 aromatic carbocycles. The van der Waals surface area contributed by atoms with Gasteiger partial charge in [0.25, 0.3) is 0 Å². The van der Waals surface area contributed by atoms with Crippen molar-refractivity contribution >= 4 is 5.91 Å². The van der Waals surface area contributed by atoms with Crippen LogP contribution in [-0.4, -0.2) is 74.5 Å². The molecule has 1 amide bonds. The molecule has 5 nitrogen and oxygen atoms in total. The van der Waals surface area contributed by atoms with Crippen LogP contribution in [0.25, 0.3) is 0 Å². The molecule has 102 valence electrons. The van der Waals surface area contributed by atoms with E-state index < -0.39 is 0 Å². The van der Waals surface area contributed by atoms with E-state index in [2.05, 4.69) is 22.9 Å². The fourth-order valence-corrected chi connectivity index (χ4v) is 2.37. The highest BCUT2D eigenvalue weighted by Crippen LogP contribution is 2.14. The second kappa shape index (κ2) is 7.34. The van der Waals surface area contributed by atoms with Gasteiger partial charge in [0.2, 0.25) is 5.91 Å². The minimum atomic E-state index is 0.0964. The standard InChI is InChI=1S/C13H24N4O/c1-15-8-5-12(9-15)10-16(2)11-13(18)17(3)7-4-6-14/h12H,4-5,7-11H2,1-3H3. The van der Waals surface area contributed by atoms with Gasteiger partial charge in [-0.25, -0.2) is 0 Å². The first-order valence-electron chi connectivity index (χ1n) is 6.51. The van der Waals surface area contributed by atoms with Gasteiger partial charge >= 0.3 is 0 Å². The topological polar surface area (TPSA) is 50.6 Å². The smallest absolute Gasteiger partial charge is 0.236 e. The van der Waals surface area contributed by atoms with E-state index in [-0.39, 0.29) is 5.91 Å². The van der Waals surface area contributed by atoms with Crippen molar-refractivity contribution in [1.29, 1.82) is 5.26 Å². The predicted molar refractivity (Wildman–Crippen MR) is 71.0 cm³/mol. The predicted octanol–water partition coefficient (Wildman–Crippen LogP) is 0.242. The summed E-state index contributed by atoms with van der Waals surface area (Å²) in [6.45, 7) is 4.23. The summed E-state index contributed by atoms with van der Waals surface area (Å²) in [4.78, 5) is 17.9. The van der Waals surface area contributed by atoms with Crippen molar-refractivity contribution in [3.63, 3.8) is 0 Å². The van der Waals surface area contributed by atoms with Gasteiger partial charge in [-0.15, -0.1) is 0 Å². The summed E-state index contributed by atoms with van der Waals surface area (Å²) in [6, 6.07) is 2.06. The van der Waals surface area contributed by atoms with E-state index in [1.165, 1.54) is 6.42 Å². The van der Waals surface area contributed by atoms with Gasteiger partial charge in [0.1, 0.15) is 0 Å². The van der Waals surface area contributed by atoms with Crippen LogP contribution in [0.1, 0.15) is 12.8 Å². The zero-order valence-electron chi connectivity index (χ0n) is 11.7. The van der Waals surface area contributed by atoms with Gasteiger partial charge in [0.15, 0.2) is 0 Å². The van der Waals surface area contributed by atoms with Gasteiger partial charge in [0, 0.05) is 26.7 Å². The van der Waals surface area contributed by atoms with Crippen LogP contribution in [-0.2, 0) is 4.79 Å². The van der Waals surface area contributed by atoms with Crippen LogP contribution >= 0.6 is 0 Å². The molecular formula is C13H24N4O.